The molecule has 0 aromatic heterocycles. The molecule has 1 aromatic rings. The first kappa shape index (κ1) is 21.1. The molecule has 1 amide bonds. The van der Waals surface area contributed by atoms with Crippen LogP contribution in [0, 0.1) is 5.92 Å². The maximum absolute atomic E-state index is 12.5. The van der Waals surface area contributed by atoms with Crippen LogP contribution in [0.4, 0.5) is 11.4 Å². The molecule has 1 heterocycles. The quantitative estimate of drug-likeness (QED) is 0.842. The van der Waals surface area contributed by atoms with Gasteiger partial charge < -0.3 is 15.5 Å². The Morgan fingerprint density at radius 2 is 1.83 bits per heavy atom. The van der Waals surface area contributed by atoms with E-state index in [9.17, 15) is 4.79 Å². The van der Waals surface area contributed by atoms with Gasteiger partial charge in [0.05, 0.1) is 17.3 Å². The second-order valence-electron chi connectivity index (χ2n) is 6.60. The molecule has 1 saturated heterocycles. The minimum Gasteiger partial charge on any atom is -0.370 e. The first-order valence-electron chi connectivity index (χ1n) is 8.59. The number of nitrogens with zero attached hydrogens (tertiary/aromatic N) is 1. The molecule has 1 atom stereocenters. The van der Waals surface area contributed by atoms with Crippen LogP contribution in [-0.2, 0) is 4.79 Å². The number of piperidine rings is 1. The van der Waals surface area contributed by atoms with Gasteiger partial charge in [0.2, 0.25) is 5.91 Å². The van der Waals surface area contributed by atoms with Crippen LogP contribution in [0.2, 0.25) is 0 Å². The SMILES string of the molecule is CN(c1ccccc1NC(=O)C1CCCNC1)C1CCCC1.Cl.Cl. The Labute approximate surface area is 157 Å². The number of para-hydroxylation sites is 2. The highest BCUT2D eigenvalue weighted by Crippen LogP contribution is 2.32. The van der Waals surface area contributed by atoms with Gasteiger partial charge in [-0.25, -0.2) is 0 Å². The maximum Gasteiger partial charge on any atom is 0.228 e. The summed E-state index contributed by atoms with van der Waals surface area (Å²) in [7, 11) is 2.16. The highest BCUT2D eigenvalue weighted by atomic mass is 35.5. The van der Waals surface area contributed by atoms with Crippen molar-refractivity contribution in [2.45, 2.75) is 44.6 Å². The Hall–Kier alpha value is -0.970. The Morgan fingerprint density at radius 3 is 2.50 bits per heavy atom. The lowest BCUT2D eigenvalue weighted by atomic mass is 9.98. The molecule has 2 N–H and O–H groups in total. The number of rotatable bonds is 4. The Balaban J connectivity index is 0.00000144. The minimum atomic E-state index is 0. The van der Waals surface area contributed by atoms with Crippen molar-refractivity contribution in [1.29, 1.82) is 0 Å². The van der Waals surface area contributed by atoms with Crippen LogP contribution < -0.4 is 15.5 Å². The number of benzene rings is 1. The Bertz CT molecular complexity index is 515. The van der Waals surface area contributed by atoms with E-state index in [0.717, 1.165) is 37.3 Å². The van der Waals surface area contributed by atoms with Gasteiger partial charge in [-0.3, -0.25) is 4.79 Å². The normalized spacial score (nSPS) is 20.6. The van der Waals surface area contributed by atoms with Gasteiger partial charge in [0.1, 0.15) is 0 Å². The van der Waals surface area contributed by atoms with Gasteiger partial charge in [-0.05, 0) is 44.4 Å². The Kier molecular flexibility index (Phi) is 8.88. The number of anilines is 2. The van der Waals surface area contributed by atoms with Crippen molar-refractivity contribution in [3.63, 3.8) is 0 Å². The van der Waals surface area contributed by atoms with E-state index in [1.54, 1.807) is 0 Å². The summed E-state index contributed by atoms with van der Waals surface area (Å²) in [4.78, 5) is 14.8. The zero-order valence-electron chi connectivity index (χ0n) is 14.3. The third-order valence-electron chi connectivity index (χ3n) is 5.08. The number of carbonyl (C=O) groups is 1. The first-order valence-corrected chi connectivity index (χ1v) is 8.59. The van der Waals surface area contributed by atoms with Crippen molar-refractivity contribution in [3.8, 4) is 0 Å². The van der Waals surface area contributed by atoms with Gasteiger partial charge in [-0.1, -0.05) is 25.0 Å². The topological polar surface area (TPSA) is 44.4 Å². The number of nitrogens with one attached hydrogen (secondary N) is 2. The number of carbonyl (C=O) groups excluding carboxylic acids is 1. The van der Waals surface area contributed by atoms with Gasteiger partial charge in [-0.15, -0.1) is 24.8 Å². The summed E-state index contributed by atoms with van der Waals surface area (Å²) in [5.41, 5.74) is 2.10. The van der Waals surface area contributed by atoms with Crippen LogP contribution >= 0.6 is 24.8 Å². The van der Waals surface area contributed by atoms with Crippen LogP contribution in [0.1, 0.15) is 38.5 Å². The van der Waals surface area contributed by atoms with Crippen LogP contribution in [0.3, 0.4) is 0 Å². The monoisotopic (exact) mass is 373 g/mol. The van der Waals surface area contributed by atoms with Crippen molar-refractivity contribution in [2.75, 3.05) is 30.4 Å². The zero-order valence-corrected chi connectivity index (χ0v) is 15.9. The lowest BCUT2D eigenvalue weighted by Gasteiger charge is -2.29. The molecular weight excluding hydrogens is 345 g/mol. The molecule has 2 fully saturated rings. The summed E-state index contributed by atoms with van der Waals surface area (Å²) in [5, 5.41) is 6.48. The highest BCUT2D eigenvalue weighted by molar-refractivity contribution is 5.96. The lowest BCUT2D eigenvalue weighted by molar-refractivity contribution is -0.120. The third kappa shape index (κ3) is 5.01. The van der Waals surface area contributed by atoms with E-state index in [1.165, 1.54) is 25.7 Å². The summed E-state index contributed by atoms with van der Waals surface area (Å²) in [6, 6.07) is 8.80. The minimum absolute atomic E-state index is 0. The predicted molar refractivity (Wildman–Crippen MR) is 106 cm³/mol. The molecule has 136 valence electrons. The molecule has 24 heavy (non-hydrogen) atoms. The predicted octanol–water partition coefficient (Wildman–Crippen LogP) is 3.85. The van der Waals surface area contributed by atoms with Crippen molar-refractivity contribution in [2.24, 2.45) is 5.92 Å². The van der Waals surface area contributed by atoms with Crippen molar-refractivity contribution >= 4 is 42.1 Å². The lowest BCUT2D eigenvalue weighted by Crippen LogP contribution is -2.37. The van der Waals surface area contributed by atoms with E-state index in [1.807, 2.05) is 12.1 Å². The number of hydrogen-bond donors (Lipinski definition) is 2. The van der Waals surface area contributed by atoms with Gasteiger partial charge in [-0.2, -0.15) is 0 Å². The molecule has 1 unspecified atom stereocenters. The fourth-order valence-corrected chi connectivity index (χ4v) is 3.69. The highest BCUT2D eigenvalue weighted by Gasteiger charge is 2.24. The van der Waals surface area contributed by atoms with Gasteiger partial charge in [0.15, 0.2) is 0 Å². The average Bonchev–Trinajstić information content (AvgIpc) is 3.10. The summed E-state index contributed by atoms with van der Waals surface area (Å²) in [5.74, 6) is 0.248. The standard InChI is InChI=1S/C18H27N3O.2ClH/c1-21(15-8-2-3-9-15)17-11-5-4-10-16(17)20-18(22)14-7-6-12-19-13-14;;/h4-5,10-11,14-15,19H,2-3,6-9,12-13H2,1H3,(H,20,22);2*1H. The maximum atomic E-state index is 12.5. The van der Waals surface area contributed by atoms with Crippen LogP contribution in [0.25, 0.3) is 0 Å². The smallest absolute Gasteiger partial charge is 0.228 e. The summed E-state index contributed by atoms with van der Waals surface area (Å²) >= 11 is 0. The van der Waals surface area contributed by atoms with E-state index < -0.39 is 0 Å². The van der Waals surface area contributed by atoms with Crippen molar-refractivity contribution < 1.29 is 4.79 Å². The number of hydrogen-bond acceptors (Lipinski definition) is 3. The van der Waals surface area contributed by atoms with E-state index in [2.05, 4.69) is 34.7 Å². The molecule has 0 spiro atoms. The second-order valence-corrected chi connectivity index (χ2v) is 6.60. The molecule has 3 rings (SSSR count). The molecule has 2 aliphatic rings. The second kappa shape index (κ2) is 10.1. The summed E-state index contributed by atoms with van der Waals surface area (Å²) < 4.78 is 0. The van der Waals surface area contributed by atoms with Crippen molar-refractivity contribution in [1.82, 2.24) is 5.32 Å². The Morgan fingerprint density at radius 1 is 1.12 bits per heavy atom. The zero-order chi connectivity index (χ0) is 15.4. The molecule has 0 radical (unpaired) electrons. The van der Waals surface area contributed by atoms with E-state index >= 15 is 0 Å². The fraction of sp³-hybridized carbons (Fsp3) is 0.611. The number of amides is 1. The first-order chi connectivity index (χ1) is 10.8. The van der Waals surface area contributed by atoms with Gasteiger partial charge >= 0.3 is 0 Å². The molecule has 6 heteroatoms. The molecule has 1 aliphatic carbocycles. The molecule has 0 bridgehead atoms. The van der Waals surface area contributed by atoms with Crippen molar-refractivity contribution in [3.05, 3.63) is 24.3 Å². The fourth-order valence-electron chi connectivity index (χ4n) is 3.69. The average molecular weight is 374 g/mol. The number of halogens is 2. The van der Waals surface area contributed by atoms with Crippen LogP contribution in [0.15, 0.2) is 24.3 Å². The molecule has 4 nitrogen and oxygen atoms in total. The summed E-state index contributed by atoms with van der Waals surface area (Å²) in [6.07, 6.45) is 7.21. The molecule has 1 saturated carbocycles. The third-order valence-corrected chi connectivity index (χ3v) is 5.08. The van der Waals surface area contributed by atoms with E-state index in [0.29, 0.717) is 6.04 Å². The van der Waals surface area contributed by atoms with Crippen LogP contribution in [0.5, 0.6) is 0 Å². The molecule has 1 aliphatic heterocycles. The molecular formula is C18H29Cl2N3O. The van der Waals surface area contributed by atoms with Gasteiger partial charge in [0.25, 0.3) is 0 Å². The molecule has 1 aromatic carbocycles. The van der Waals surface area contributed by atoms with E-state index in [-0.39, 0.29) is 36.6 Å². The van der Waals surface area contributed by atoms with Gasteiger partial charge in [0, 0.05) is 19.6 Å². The van der Waals surface area contributed by atoms with Crippen LogP contribution in [-0.4, -0.2) is 32.1 Å². The largest absolute Gasteiger partial charge is 0.370 e. The summed E-state index contributed by atoms with van der Waals surface area (Å²) in [6.45, 7) is 1.83. The van der Waals surface area contributed by atoms with E-state index in [4.69, 9.17) is 0 Å².